The third kappa shape index (κ3) is 2.70. The number of aryl methyl sites for hydroxylation is 2. The fourth-order valence-corrected chi connectivity index (χ4v) is 2.39. The van der Waals surface area contributed by atoms with Crippen molar-refractivity contribution in [1.82, 2.24) is 14.8 Å². The van der Waals surface area contributed by atoms with E-state index in [1.807, 2.05) is 43.4 Å². The zero-order valence-electron chi connectivity index (χ0n) is 12.2. The summed E-state index contributed by atoms with van der Waals surface area (Å²) in [4.78, 5) is 16.9. The maximum Gasteiger partial charge on any atom is 0.187 e. The van der Waals surface area contributed by atoms with Crippen LogP contribution in [0.5, 0.6) is 0 Å². The number of carbonyl (C=O) groups is 1. The molecule has 0 aliphatic rings. The third-order valence-corrected chi connectivity index (χ3v) is 3.62. The van der Waals surface area contributed by atoms with Gasteiger partial charge in [-0.3, -0.25) is 9.48 Å². The number of hydrogen-bond acceptors (Lipinski definition) is 3. The Labute approximate surface area is 123 Å². The van der Waals surface area contributed by atoms with Crippen molar-refractivity contribution in [2.24, 2.45) is 7.05 Å². The van der Waals surface area contributed by atoms with Crippen molar-refractivity contribution in [3.63, 3.8) is 0 Å². The number of para-hydroxylation sites is 1. The van der Waals surface area contributed by atoms with Crippen LogP contribution in [0.4, 0.5) is 0 Å². The van der Waals surface area contributed by atoms with E-state index in [4.69, 9.17) is 0 Å². The summed E-state index contributed by atoms with van der Waals surface area (Å²) in [6.07, 6.45) is 1.20. The largest absolute Gasteiger partial charge is 0.292 e. The van der Waals surface area contributed by atoms with Crippen molar-refractivity contribution >= 4 is 16.7 Å². The SMILES string of the molecule is CCc1cc(CC(=O)c2ccc3ccccc3n2)n(C)n1. The molecule has 0 fully saturated rings. The molecular weight excluding hydrogens is 262 g/mol. The highest BCUT2D eigenvalue weighted by molar-refractivity contribution is 5.97. The van der Waals surface area contributed by atoms with Crippen LogP contribution >= 0.6 is 0 Å². The van der Waals surface area contributed by atoms with Crippen molar-refractivity contribution in [3.05, 3.63) is 59.5 Å². The normalized spacial score (nSPS) is 11.0. The zero-order valence-corrected chi connectivity index (χ0v) is 12.2. The number of benzene rings is 1. The second kappa shape index (κ2) is 5.48. The topological polar surface area (TPSA) is 47.8 Å². The zero-order chi connectivity index (χ0) is 14.8. The smallest absolute Gasteiger partial charge is 0.187 e. The molecule has 4 heteroatoms. The van der Waals surface area contributed by atoms with Gasteiger partial charge in [-0.2, -0.15) is 5.10 Å². The molecule has 2 aromatic heterocycles. The maximum atomic E-state index is 12.4. The van der Waals surface area contributed by atoms with Crippen LogP contribution in [0.25, 0.3) is 10.9 Å². The Morgan fingerprint density at radius 1 is 1.19 bits per heavy atom. The summed E-state index contributed by atoms with van der Waals surface area (Å²) in [5.74, 6) is 0.0198. The predicted octanol–water partition coefficient (Wildman–Crippen LogP) is 2.96. The Bertz CT molecular complexity index is 805. The highest BCUT2D eigenvalue weighted by atomic mass is 16.1. The van der Waals surface area contributed by atoms with Gasteiger partial charge in [-0.25, -0.2) is 4.98 Å². The van der Waals surface area contributed by atoms with Crippen LogP contribution in [0.2, 0.25) is 0 Å². The van der Waals surface area contributed by atoms with Gasteiger partial charge in [-0.05, 0) is 24.6 Å². The number of hydrogen-bond donors (Lipinski definition) is 0. The van der Waals surface area contributed by atoms with Gasteiger partial charge in [0.15, 0.2) is 5.78 Å². The molecule has 1 aromatic carbocycles. The number of fused-ring (bicyclic) bond motifs is 1. The molecule has 0 saturated carbocycles. The summed E-state index contributed by atoms with van der Waals surface area (Å²) in [5, 5.41) is 5.41. The minimum absolute atomic E-state index is 0.0198. The van der Waals surface area contributed by atoms with Crippen LogP contribution in [0.3, 0.4) is 0 Å². The molecule has 3 aromatic rings. The fraction of sp³-hybridized carbons (Fsp3) is 0.235. The number of rotatable bonds is 4. The molecule has 0 aliphatic heterocycles. The van der Waals surface area contributed by atoms with Crippen LogP contribution in [0.1, 0.15) is 28.8 Å². The van der Waals surface area contributed by atoms with Gasteiger partial charge in [0.05, 0.1) is 17.6 Å². The molecule has 21 heavy (non-hydrogen) atoms. The van der Waals surface area contributed by atoms with Crippen molar-refractivity contribution in [2.45, 2.75) is 19.8 Å². The van der Waals surface area contributed by atoms with Gasteiger partial charge in [0.25, 0.3) is 0 Å². The molecule has 0 atom stereocenters. The number of pyridine rings is 1. The van der Waals surface area contributed by atoms with Crippen LogP contribution in [0.15, 0.2) is 42.5 Å². The van der Waals surface area contributed by atoms with Gasteiger partial charge in [0.1, 0.15) is 5.69 Å². The fourth-order valence-electron chi connectivity index (χ4n) is 2.39. The highest BCUT2D eigenvalue weighted by Crippen LogP contribution is 2.14. The summed E-state index contributed by atoms with van der Waals surface area (Å²) in [6.45, 7) is 2.05. The van der Waals surface area contributed by atoms with E-state index in [1.54, 1.807) is 10.7 Å². The maximum absolute atomic E-state index is 12.4. The lowest BCUT2D eigenvalue weighted by Crippen LogP contribution is -2.09. The van der Waals surface area contributed by atoms with E-state index in [2.05, 4.69) is 17.0 Å². The molecule has 0 aliphatic carbocycles. The van der Waals surface area contributed by atoms with Crippen LogP contribution < -0.4 is 0 Å². The summed E-state index contributed by atoms with van der Waals surface area (Å²) in [7, 11) is 1.87. The first-order valence-corrected chi connectivity index (χ1v) is 7.08. The van der Waals surface area contributed by atoms with Gasteiger partial charge in [0, 0.05) is 18.1 Å². The van der Waals surface area contributed by atoms with E-state index in [-0.39, 0.29) is 5.78 Å². The molecule has 0 spiro atoms. The molecule has 0 bridgehead atoms. The van der Waals surface area contributed by atoms with Gasteiger partial charge >= 0.3 is 0 Å². The number of Topliss-reactive ketones (excluding diaryl/α,β-unsaturated/α-hetero) is 1. The quantitative estimate of drug-likeness (QED) is 0.690. The molecule has 2 heterocycles. The lowest BCUT2D eigenvalue weighted by Gasteiger charge is -2.03. The first-order chi connectivity index (χ1) is 10.2. The van der Waals surface area contributed by atoms with E-state index < -0.39 is 0 Å². The Balaban J connectivity index is 1.87. The summed E-state index contributed by atoms with van der Waals surface area (Å²) >= 11 is 0. The first kappa shape index (κ1) is 13.5. The second-order valence-electron chi connectivity index (χ2n) is 5.09. The predicted molar refractivity (Wildman–Crippen MR) is 82.4 cm³/mol. The second-order valence-corrected chi connectivity index (χ2v) is 5.09. The lowest BCUT2D eigenvalue weighted by atomic mass is 10.1. The number of ketones is 1. The lowest BCUT2D eigenvalue weighted by molar-refractivity contribution is 0.0986. The van der Waals surface area contributed by atoms with E-state index in [0.29, 0.717) is 12.1 Å². The Morgan fingerprint density at radius 2 is 2.00 bits per heavy atom. The molecule has 106 valence electrons. The summed E-state index contributed by atoms with van der Waals surface area (Å²) in [5.41, 5.74) is 3.29. The monoisotopic (exact) mass is 279 g/mol. The van der Waals surface area contributed by atoms with E-state index >= 15 is 0 Å². The van der Waals surface area contributed by atoms with Crippen molar-refractivity contribution in [3.8, 4) is 0 Å². The van der Waals surface area contributed by atoms with E-state index in [0.717, 1.165) is 28.7 Å². The molecule has 0 radical (unpaired) electrons. The number of aromatic nitrogens is 3. The minimum Gasteiger partial charge on any atom is -0.292 e. The van der Waals surface area contributed by atoms with E-state index in [1.165, 1.54) is 0 Å². The van der Waals surface area contributed by atoms with Crippen molar-refractivity contribution < 1.29 is 4.79 Å². The van der Waals surface area contributed by atoms with Crippen LogP contribution in [-0.2, 0) is 19.9 Å². The van der Waals surface area contributed by atoms with Gasteiger partial charge in [-0.15, -0.1) is 0 Å². The Hall–Kier alpha value is -2.49. The molecule has 0 amide bonds. The van der Waals surface area contributed by atoms with Crippen molar-refractivity contribution in [1.29, 1.82) is 0 Å². The van der Waals surface area contributed by atoms with Gasteiger partial charge in [-0.1, -0.05) is 31.2 Å². The minimum atomic E-state index is 0.0198. The van der Waals surface area contributed by atoms with E-state index in [9.17, 15) is 4.79 Å². The Kier molecular flexibility index (Phi) is 3.52. The highest BCUT2D eigenvalue weighted by Gasteiger charge is 2.13. The third-order valence-electron chi connectivity index (χ3n) is 3.62. The van der Waals surface area contributed by atoms with Gasteiger partial charge in [0.2, 0.25) is 0 Å². The summed E-state index contributed by atoms with van der Waals surface area (Å²) < 4.78 is 1.78. The molecule has 0 N–H and O–H groups in total. The van der Waals surface area contributed by atoms with Gasteiger partial charge < -0.3 is 0 Å². The number of nitrogens with zero attached hydrogens (tertiary/aromatic N) is 3. The van der Waals surface area contributed by atoms with Crippen molar-refractivity contribution in [2.75, 3.05) is 0 Å². The first-order valence-electron chi connectivity index (χ1n) is 7.08. The standard InChI is InChI=1S/C17H17N3O/c1-3-13-10-14(20(2)19-13)11-17(21)16-9-8-12-6-4-5-7-15(12)18-16/h4-10H,3,11H2,1-2H3. The summed E-state index contributed by atoms with van der Waals surface area (Å²) in [6, 6.07) is 13.5. The molecule has 0 saturated heterocycles. The van der Waals surface area contributed by atoms with Crippen LogP contribution in [0, 0.1) is 0 Å². The molecule has 4 nitrogen and oxygen atoms in total. The Morgan fingerprint density at radius 3 is 2.76 bits per heavy atom. The van der Waals surface area contributed by atoms with Crippen LogP contribution in [-0.4, -0.2) is 20.5 Å². The average molecular weight is 279 g/mol. The molecular formula is C17H17N3O. The number of carbonyl (C=O) groups excluding carboxylic acids is 1. The molecule has 3 rings (SSSR count). The molecule has 0 unspecified atom stereocenters. The average Bonchev–Trinajstić information content (AvgIpc) is 2.87.